The van der Waals surface area contributed by atoms with E-state index in [1.165, 1.54) is 5.56 Å². The first-order valence-corrected chi connectivity index (χ1v) is 6.88. The van der Waals surface area contributed by atoms with Crippen LogP contribution < -0.4 is 5.32 Å². The number of hydrogen-bond acceptors (Lipinski definition) is 4. The van der Waals surface area contributed by atoms with E-state index in [4.69, 9.17) is 9.52 Å². The highest BCUT2D eigenvalue weighted by molar-refractivity contribution is 5.82. The van der Waals surface area contributed by atoms with E-state index in [-0.39, 0.29) is 6.61 Å². The number of benzene rings is 1. The van der Waals surface area contributed by atoms with Gasteiger partial charge in [-0.25, -0.2) is 0 Å². The molecule has 0 saturated carbocycles. The normalized spacial score (nSPS) is 11.3. The van der Waals surface area contributed by atoms with Crippen LogP contribution in [0.4, 0.5) is 0 Å². The number of nitrogens with one attached hydrogen (secondary N) is 1. The van der Waals surface area contributed by atoms with Crippen LogP contribution in [0.1, 0.15) is 11.3 Å². The van der Waals surface area contributed by atoms with E-state index in [9.17, 15) is 0 Å². The maximum Gasteiger partial charge on any atom is 0.134 e. The van der Waals surface area contributed by atoms with Crippen LogP contribution in [0, 0.1) is 0 Å². The fourth-order valence-electron chi connectivity index (χ4n) is 2.41. The van der Waals surface area contributed by atoms with Gasteiger partial charge >= 0.3 is 0 Å². The van der Waals surface area contributed by atoms with Crippen LogP contribution in [0.2, 0.25) is 0 Å². The van der Waals surface area contributed by atoms with Crippen molar-refractivity contribution in [2.24, 2.45) is 0 Å². The largest absolute Gasteiger partial charge is 0.459 e. The molecule has 0 atom stereocenters. The van der Waals surface area contributed by atoms with Gasteiger partial charge in [-0.05, 0) is 13.1 Å². The van der Waals surface area contributed by atoms with Gasteiger partial charge in [-0.15, -0.1) is 6.58 Å². The van der Waals surface area contributed by atoms with Crippen LogP contribution in [0.3, 0.4) is 0 Å². The third-order valence-corrected chi connectivity index (χ3v) is 3.30. The summed E-state index contributed by atoms with van der Waals surface area (Å²) in [6.07, 6.45) is 1.86. The predicted octanol–water partition coefficient (Wildman–Crippen LogP) is 2.13. The summed E-state index contributed by atoms with van der Waals surface area (Å²) in [5.74, 6) is 0.959. The number of aliphatic hydroxyl groups is 1. The van der Waals surface area contributed by atoms with Gasteiger partial charge in [-0.2, -0.15) is 0 Å². The van der Waals surface area contributed by atoms with Gasteiger partial charge in [0, 0.05) is 30.6 Å². The molecular formula is C16H22N2O2. The van der Waals surface area contributed by atoms with Crippen LogP contribution in [-0.2, 0) is 13.1 Å². The molecule has 1 aromatic carbocycles. The van der Waals surface area contributed by atoms with Gasteiger partial charge in [-0.1, -0.05) is 24.3 Å². The summed E-state index contributed by atoms with van der Waals surface area (Å²) in [6, 6.07) is 8.07. The molecule has 0 aliphatic carbocycles. The topological polar surface area (TPSA) is 48.6 Å². The number of aliphatic hydroxyl groups excluding tert-OH is 1. The zero-order valence-electron chi connectivity index (χ0n) is 11.9. The maximum absolute atomic E-state index is 9.17. The minimum atomic E-state index is 0.144. The Morgan fingerprint density at radius 1 is 1.40 bits per heavy atom. The van der Waals surface area contributed by atoms with Gasteiger partial charge < -0.3 is 14.8 Å². The first-order valence-electron chi connectivity index (χ1n) is 6.88. The van der Waals surface area contributed by atoms with Crippen molar-refractivity contribution in [2.75, 3.05) is 26.7 Å². The number of fused-ring (bicyclic) bond motifs is 1. The van der Waals surface area contributed by atoms with Crippen LogP contribution in [0.5, 0.6) is 0 Å². The molecule has 1 heterocycles. The summed E-state index contributed by atoms with van der Waals surface area (Å²) in [7, 11) is 1.91. The fraction of sp³-hybridized carbons (Fsp3) is 0.375. The van der Waals surface area contributed by atoms with Gasteiger partial charge in [0.25, 0.3) is 0 Å². The second kappa shape index (κ2) is 7.24. The lowest BCUT2D eigenvalue weighted by molar-refractivity contribution is 0.203. The molecule has 1 aromatic heterocycles. The number of para-hydroxylation sites is 1. The van der Waals surface area contributed by atoms with Crippen molar-refractivity contribution in [2.45, 2.75) is 13.1 Å². The van der Waals surface area contributed by atoms with Crippen molar-refractivity contribution < 1.29 is 9.52 Å². The molecular weight excluding hydrogens is 252 g/mol. The van der Waals surface area contributed by atoms with Crippen molar-refractivity contribution in [1.82, 2.24) is 10.2 Å². The Labute approximate surface area is 119 Å². The SMILES string of the molecule is C=CCN(CCO)Cc1c(CNC)oc2ccccc12. The average Bonchev–Trinajstić information content (AvgIpc) is 2.78. The lowest BCUT2D eigenvalue weighted by Gasteiger charge is -2.19. The Morgan fingerprint density at radius 2 is 2.20 bits per heavy atom. The summed E-state index contributed by atoms with van der Waals surface area (Å²) in [6.45, 7) is 6.75. The molecule has 0 spiro atoms. The van der Waals surface area contributed by atoms with Gasteiger partial charge in [-0.3, -0.25) is 4.90 Å². The van der Waals surface area contributed by atoms with Gasteiger partial charge in [0.05, 0.1) is 13.2 Å². The summed E-state index contributed by atoms with van der Waals surface area (Å²) < 4.78 is 5.92. The molecule has 0 amide bonds. The number of furan rings is 1. The van der Waals surface area contributed by atoms with Crippen LogP contribution in [0.15, 0.2) is 41.3 Å². The van der Waals surface area contributed by atoms with Crippen molar-refractivity contribution >= 4 is 11.0 Å². The Hall–Kier alpha value is -1.62. The molecule has 2 N–H and O–H groups in total. The zero-order chi connectivity index (χ0) is 14.4. The molecule has 4 heteroatoms. The zero-order valence-corrected chi connectivity index (χ0v) is 11.9. The van der Waals surface area contributed by atoms with Crippen molar-refractivity contribution in [3.63, 3.8) is 0 Å². The van der Waals surface area contributed by atoms with E-state index in [2.05, 4.69) is 22.9 Å². The monoisotopic (exact) mass is 274 g/mol. The molecule has 0 fully saturated rings. The van der Waals surface area contributed by atoms with E-state index in [1.807, 2.05) is 31.3 Å². The summed E-state index contributed by atoms with van der Waals surface area (Å²) in [4.78, 5) is 2.16. The van der Waals surface area contributed by atoms with E-state index >= 15 is 0 Å². The van der Waals surface area contributed by atoms with E-state index in [0.29, 0.717) is 13.1 Å². The highest BCUT2D eigenvalue weighted by Gasteiger charge is 2.15. The highest BCUT2D eigenvalue weighted by atomic mass is 16.3. The van der Waals surface area contributed by atoms with E-state index < -0.39 is 0 Å². The van der Waals surface area contributed by atoms with Crippen LogP contribution in [0.25, 0.3) is 11.0 Å². The van der Waals surface area contributed by atoms with Gasteiger partial charge in [0.1, 0.15) is 11.3 Å². The first-order chi connectivity index (χ1) is 9.80. The standard InChI is InChI=1S/C16H22N2O2/c1-3-8-18(9-10-19)12-14-13-6-4-5-7-15(13)20-16(14)11-17-2/h3-7,17,19H,1,8-12H2,2H3. The third-order valence-electron chi connectivity index (χ3n) is 3.30. The Bertz CT molecular complexity index is 563. The van der Waals surface area contributed by atoms with Crippen LogP contribution in [-0.4, -0.2) is 36.8 Å². The smallest absolute Gasteiger partial charge is 0.134 e. The van der Waals surface area contributed by atoms with Crippen molar-refractivity contribution in [3.8, 4) is 0 Å². The minimum Gasteiger partial charge on any atom is -0.459 e. The van der Waals surface area contributed by atoms with Crippen molar-refractivity contribution in [1.29, 1.82) is 0 Å². The van der Waals surface area contributed by atoms with E-state index in [1.54, 1.807) is 0 Å². The minimum absolute atomic E-state index is 0.144. The number of nitrogens with zero attached hydrogens (tertiary/aromatic N) is 1. The second-order valence-electron chi connectivity index (χ2n) is 4.78. The van der Waals surface area contributed by atoms with Gasteiger partial charge in [0.15, 0.2) is 0 Å². The summed E-state index contributed by atoms with van der Waals surface area (Å²) >= 11 is 0. The van der Waals surface area contributed by atoms with Crippen molar-refractivity contribution in [3.05, 3.63) is 48.2 Å². The lowest BCUT2D eigenvalue weighted by atomic mass is 10.1. The first kappa shape index (κ1) is 14.8. The fourth-order valence-corrected chi connectivity index (χ4v) is 2.41. The Morgan fingerprint density at radius 3 is 2.90 bits per heavy atom. The summed E-state index contributed by atoms with van der Waals surface area (Å²) in [5.41, 5.74) is 2.10. The molecule has 108 valence electrons. The maximum atomic E-state index is 9.17. The summed E-state index contributed by atoms with van der Waals surface area (Å²) in [5, 5.41) is 13.5. The lowest BCUT2D eigenvalue weighted by Crippen LogP contribution is -2.27. The second-order valence-corrected chi connectivity index (χ2v) is 4.78. The number of hydrogen-bond donors (Lipinski definition) is 2. The molecule has 4 nitrogen and oxygen atoms in total. The molecule has 0 aliphatic heterocycles. The number of rotatable bonds is 8. The molecule has 2 rings (SSSR count). The molecule has 2 aromatic rings. The van der Waals surface area contributed by atoms with E-state index in [0.717, 1.165) is 29.8 Å². The molecule has 0 unspecified atom stereocenters. The third kappa shape index (κ3) is 3.28. The highest BCUT2D eigenvalue weighted by Crippen LogP contribution is 2.27. The average molecular weight is 274 g/mol. The van der Waals surface area contributed by atoms with Crippen LogP contribution >= 0.6 is 0 Å². The molecule has 0 bridgehead atoms. The predicted molar refractivity (Wildman–Crippen MR) is 81.5 cm³/mol. The molecule has 0 radical (unpaired) electrons. The molecule has 0 aliphatic rings. The molecule has 0 saturated heterocycles. The Balaban J connectivity index is 2.34. The Kier molecular flexibility index (Phi) is 5.35. The molecule has 20 heavy (non-hydrogen) atoms. The quantitative estimate of drug-likeness (QED) is 0.724. The van der Waals surface area contributed by atoms with Gasteiger partial charge in [0.2, 0.25) is 0 Å².